The van der Waals surface area contributed by atoms with Crippen molar-refractivity contribution in [2.24, 2.45) is 11.8 Å². The highest BCUT2D eigenvalue weighted by Crippen LogP contribution is 2.31. The van der Waals surface area contributed by atoms with E-state index in [-0.39, 0.29) is 17.5 Å². The maximum atomic E-state index is 13.6. The second kappa shape index (κ2) is 5.39. The monoisotopic (exact) mass is 313 g/mol. The summed E-state index contributed by atoms with van der Waals surface area (Å²) in [6.07, 6.45) is 2.09. The zero-order valence-electron chi connectivity index (χ0n) is 10.5. The summed E-state index contributed by atoms with van der Waals surface area (Å²) in [6.45, 7) is 4.33. The van der Waals surface area contributed by atoms with Gasteiger partial charge in [-0.2, -0.15) is 0 Å². The molecule has 0 aromatic heterocycles. The minimum absolute atomic E-state index is 0.108. The van der Waals surface area contributed by atoms with Crippen molar-refractivity contribution in [2.75, 3.05) is 0 Å². The molecule has 4 heteroatoms. The molecule has 3 atom stereocenters. The Kier molecular flexibility index (Phi) is 4.05. The van der Waals surface area contributed by atoms with Crippen LogP contribution in [-0.4, -0.2) is 11.9 Å². The molecule has 0 aliphatic heterocycles. The second-order valence-corrected chi connectivity index (χ2v) is 6.03. The molecule has 1 aromatic rings. The maximum Gasteiger partial charge on any atom is 0.254 e. The fourth-order valence-electron chi connectivity index (χ4n) is 2.49. The number of amides is 1. The summed E-state index contributed by atoms with van der Waals surface area (Å²) in [5.41, 5.74) is 0.108. The normalized spacial score (nSPS) is 27.2. The molecule has 1 saturated carbocycles. The third-order valence-corrected chi connectivity index (χ3v) is 4.45. The van der Waals surface area contributed by atoms with Gasteiger partial charge in [-0.3, -0.25) is 4.79 Å². The highest BCUT2D eigenvalue weighted by atomic mass is 79.9. The first-order chi connectivity index (χ1) is 8.49. The number of hydrogen-bond acceptors (Lipinski definition) is 1. The Bertz CT molecular complexity index is 463. The lowest BCUT2D eigenvalue weighted by molar-refractivity contribution is 0.0923. The van der Waals surface area contributed by atoms with Crippen LogP contribution in [0.5, 0.6) is 0 Å². The van der Waals surface area contributed by atoms with Crippen LogP contribution in [0.2, 0.25) is 0 Å². The van der Waals surface area contributed by atoms with Crippen molar-refractivity contribution in [3.63, 3.8) is 0 Å². The molecular weight excluding hydrogens is 297 g/mol. The molecule has 98 valence electrons. The van der Waals surface area contributed by atoms with E-state index >= 15 is 0 Å². The van der Waals surface area contributed by atoms with Crippen LogP contribution < -0.4 is 5.32 Å². The molecule has 0 spiro atoms. The Hall–Kier alpha value is -0.900. The minimum atomic E-state index is -0.477. The van der Waals surface area contributed by atoms with Crippen LogP contribution in [0.3, 0.4) is 0 Å². The number of carbonyl (C=O) groups excluding carboxylic acids is 1. The SMILES string of the molecule is CC1CCC(NC(=O)c2cc(Br)ccc2F)C1C. The van der Waals surface area contributed by atoms with Gasteiger partial charge in [-0.25, -0.2) is 4.39 Å². The number of nitrogens with one attached hydrogen (secondary N) is 1. The maximum absolute atomic E-state index is 13.6. The Morgan fingerprint density at radius 3 is 2.72 bits per heavy atom. The fraction of sp³-hybridized carbons (Fsp3) is 0.500. The van der Waals surface area contributed by atoms with E-state index in [9.17, 15) is 9.18 Å². The number of carbonyl (C=O) groups is 1. The molecule has 0 heterocycles. The van der Waals surface area contributed by atoms with Gasteiger partial charge in [0.25, 0.3) is 5.91 Å². The summed E-state index contributed by atoms with van der Waals surface area (Å²) in [5, 5.41) is 2.94. The van der Waals surface area contributed by atoms with E-state index in [1.807, 2.05) is 0 Å². The van der Waals surface area contributed by atoms with Gasteiger partial charge in [0.2, 0.25) is 0 Å². The van der Waals surface area contributed by atoms with E-state index in [1.165, 1.54) is 12.1 Å². The van der Waals surface area contributed by atoms with Gasteiger partial charge in [-0.15, -0.1) is 0 Å². The molecule has 1 aromatic carbocycles. The molecule has 1 N–H and O–H groups in total. The van der Waals surface area contributed by atoms with E-state index in [1.54, 1.807) is 6.07 Å². The van der Waals surface area contributed by atoms with Crippen LogP contribution >= 0.6 is 15.9 Å². The molecule has 0 radical (unpaired) electrons. The van der Waals surface area contributed by atoms with Gasteiger partial charge in [0.05, 0.1) is 5.56 Å². The molecule has 1 fully saturated rings. The summed E-state index contributed by atoms with van der Waals surface area (Å²) in [7, 11) is 0. The van der Waals surface area contributed by atoms with Crippen molar-refractivity contribution in [2.45, 2.75) is 32.7 Å². The second-order valence-electron chi connectivity index (χ2n) is 5.12. The number of hydrogen-bond donors (Lipinski definition) is 1. The van der Waals surface area contributed by atoms with Crippen LogP contribution in [0, 0.1) is 17.7 Å². The zero-order valence-corrected chi connectivity index (χ0v) is 12.1. The van der Waals surface area contributed by atoms with Crippen molar-refractivity contribution in [1.29, 1.82) is 0 Å². The largest absolute Gasteiger partial charge is 0.349 e. The van der Waals surface area contributed by atoms with E-state index < -0.39 is 5.82 Å². The first kappa shape index (κ1) is 13.5. The molecule has 1 amide bonds. The molecule has 18 heavy (non-hydrogen) atoms. The van der Waals surface area contributed by atoms with E-state index in [0.29, 0.717) is 16.3 Å². The molecule has 2 rings (SSSR count). The van der Waals surface area contributed by atoms with Crippen LogP contribution in [0.4, 0.5) is 4.39 Å². The average molecular weight is 314 g/mol. The Labute approximate surface area is 115 Å². The van der Waals surface area contributed by atoms with E-state index in [2.05, 4.69) is 35.1 Å². The predicted molar refractivity (Wildman–Crippen MR) is 72.9 cm³/mol. The van der Waals surface area contributed by atoms with Gasteiger partial charge in [-0.1, -0.05) is 29.8 Å². The van der Waals surface area contributed by atoms with Crippen molar-refractivity contribution in [1.82, 2.24) is 5.32 Å². The molecule has 0 saturated heterocycles. The lowest BCUT2D eigenvalue weighted by Crippen LogP contribution is -2.37. The van der Waals surface area contributed by atoms with Gasteiger partial charge in [0.1, 0.15) is 5.82 Å². The van der Waals surface area contributed by atoms with Crippen LogP contribution in [0.15, 0.2) is 22.7 Å². The molecule has 3 unspecified atom stereocenters. The van der Waals surface area contributed by atoms with E-state index in [4.69, 9.17) is 0 Å². The third-order valence-electron chi connectivity index (χ3n) is 3.95. The topological polar surface area (TPSA) is 29.1 Å². The highest BCUT2D eigenvalue weighted by Gasteiger charge is 2.31. The highest BCUT2D eigenvalue weighted by molar-refractivity contribution is 9.10. The smallest absolute Gasteiger partial charge is 0.254 e. The Morgan fingerprint density at radius 1 is 1.39 bits per heavy atom. The third kappa shape index (κ3) is 2.74. The average Bonchev–Trinajstić information content (AvgIpc) is 2.64. The van der Waals surface area contributed by atoms with Gasteiger partial charge in [0, 0.05) is 10.5 Å². The number of rotatable bonds is 2. The zero-order chi connectivity index (χ0) is 13.3. The predicted octanol–water partition coefficient (Wildman–Crippen LogP) is 3.75. The van der Waals surface area contributed by atoms with E-state index in [0.717, 1.165) is 12.8 Å². The van der Waals surface area contributed by atoms with Gasteiger partial charge < -0.3 is 5.32 Å². The lowest BCUT2D eigenvalue weighted by atomic mass is 9.97. The molecule has 1 aliphatic carbocycles. The molecule has 2 nitrogen and oxygen atoms in total. The summed E-state index contributed by atoms with van der Waals surface area (Å²) in [6, 6.07) is 4.57. The Balaban J connectivity index is 2.10. The van der Waals surface area contributed by atoms with Crippen molar-refractivity contribution in [3.8, 4) is 0 Å². The quantitative estimate of drug-likeness (QED) is 0.885. The Morgan fingerprint density at radius 2 is 2.11 bits per heavy atom. The minimum Gasteiger partial charge on any atom is -0.349 e. The first-order valence-electron chi connectivity index (χ1n) is 6.25. The lowest BCUT2D eigenvalue weighted by Gasteiger charge is -2.19. The standard InChI is InChI=1S/C14H17BrFNO/c1-8-3-6-13(9(8)2)17-14(18)11-7-10(15)4-5-12(11)16/h4-5,7-9,13H,3,6H2,1-2H3,(H,17,18). The van der Waals surface area contributed by atoms with Crippen molar-refractivity contribution in [3.05, 3.63) is 34.1 Å². The summed E-state index contributed by atoms with van der Waals surface area (Å²) < 4.78 is 14.3. The van der Waals surface area contributed by atoms with Gasteiger partial charge in [0.15, 0.2) is 0 Å². The molecular formula is C14H17BrFNO. The molecule has 0 bridgehead atoms. The van der Waals surface area contributed by atoms with Crippen molar-refractivity contribution >= 4 is 21.8 Å². The summed E-state index contributed by atoms with van der Waals surface area (Å²) >= 11 is 3.25. The first-order valence-corrected chi connectivity index (χ1v) is 7.04. The number of halogens is 2. The van der Waals surface area contributed by atoms with Crippen LogP contribution in [0.25, 0.3) is 0 Å². The number of benzene rings is 1. The summed E-state index contributed by atoms with van der Waals surface area (Å²) in [4.78, 5) is 12.1. The summed E-state index contributed by atoms with van der Waals surface area (Å²) in [5.74, 6) is 0.265. The molecule has 1 aliphatic rings. The van der Waals surface area contributed by atoms with Crippen LogP contribution in [0.1, 0.15) is 37.0 Å². The van der Waals surface area contributed by atoms with Gasteiger partial charge >= 0.3 is 0 Å². The van der Waals surface area contributed by atoms with Crippen LogP contribution in [-0.2, 0) is 0 Å². The fourth-order valence-corrected chi connectivity index (χ4v) is 2.85. The van der Waals surface area contributed by atoms with Gasteiger partial charge in [-0.05, 0) is 42.9 Å². The van der Waals surface area contributed by atoms with Crippen molar-refractivity contribution < 1.29 is 9.18 Å².